The molecule has 2 aliphatic carbocycles. The van der Waals surface area contributed by atoms with Gasteiger partial charge in [-0.1, -0.05) is 152 Å². The van der Waals surface area contributed by atoms with E-state index in [1.165, 1.54) is 55.9 Å². The minimum atomic E-state index is -0.637. The van der Waals surface area contributed by atoms with E-state index in [0.717, 1.165) is 33.5 Å². The largest absolute Gasteiger partial charge is 0.308 e. The van der Waals surface area contributed by atoms with Gasteiger partial charge in [0.15, 0.2) is 0 Å². The first-order chi connectivity index (χ1) is 23.3. The first kappa shape index (κ1) is 27.2. The zero-order chi connectivity index (χ0) is 31.4. The molecule has 0 atom stereocenters. The van der Waals surface area contributed by atoms with Gasteiger partial charge in [-0.3, -0.25) is 4.99 Å². The predicted octanol–water partition coefficient (Wildman–Crippen LogP) is 11.0. The molecule has 7 aromatic rings. The summed E-state index contributed by atoms with van der Waals surface area (Å²) in [5.41, 5.74) is 13.9. The summed E-state index contributed by atoms with van der Waals surface area (Å²) in [6, 6.07) is 58.4. The van der Waals surface area contributed by atoms with Crippen molar-refractivity contribution in [1.82, 2.24) is 0 Å². The summed E-state index contributed by atoms with van der Waals surface area (Å²) in [5.74, 6) is 0. The Bertz CT molecular complexity index is 2370. The molecule has 0 aromatic heterocycles. The number of benzene rings is 7. The minimum Gasteiger partial charge on any atom is -0.308 e. The first-order valence-electron chi connectivity index (χ1n) is 16.0. The van der Waals surface area contributed by atoms with Gasteiger partial charge < -0.3 is 5.41 Å². The normalized spacial score (nSPS) is 14.0. The Morgan fingerprint density at radius 1 is 0.447 bits per heavy atom. The Labute approximate surface area is 274 Å². The maximum atomic E-state index is 8.68. The second kappa shape index (κ2) is 10.8. The van der Waals surface area contributed by atoms with Crippen molar-refractivity contribution in [3.05, 3.63) is 197 Å². The van der Waals surface area contributed by atoms with Crippen molar-refractivity contribution in [2.75, 3.05) is 0 Å². The molecular formula is C45H30N2. The fraction of sp³-hybridized carbons (Fsp3) is 0.0222. The Morgan fingerprint density at radius 3 is 1.68 bits per heavy atom. The maximum Gasteiger partial charge on any atom is 0.0898 e. The van der Waals surface area contributed by atoms with Crippen molar-refractivity contribution < 1.29 is 0 Å². The molecule has 2 nitrogen and oxygen atoms in total. The number of rotatable bonds is 5. The molecular weight excluding hydrogens is 569 g/mol. The number of aliphatic imine (C=N–C) groups is 1. The summed E-state index contributed by atoms with van der Waals surface area (Å²) < 4.78 is 0. The Hall–Kier alpha value is -6.12. The van der Waals surface area contributed by atoms with Crippen LogP contribution in [0.2, 0.25) is 0 Å². The quantitative estimate of drug-likeness (QED) is 0.191. The van der Waals surface area contributed by atoms with E-state index in [9.17, 15) is 0 Å². The van der Waals surface area contributed by atoms with Crippen molar-refractivity contribution in [3.63, 3.8) is 0 Å². The highest BCUT2D eigenvalue weighted by molar-refractivity contribution is 6.15. The van der Waals surface area contributed by atoms with Crippen molar-refractivity contribution in [3.8, 4) is 33.4 Å². The van der Waals surface area contributed by atoms with Crippen molar-refractivity contribution in [2.24, 2.45) is 4.99 Å². The van der Waals surface area contributed by atoms with Gasteiger partial charge in [-0.2, -0.15) is 0 Å². The van der Waals surface area contributed by atoms with Gasteiger partial charge in [0.1, 0.15) is 0 Å². The highest BCUT2D eigenvalue weighted by Gasteiger charge is 2.53. The molecule has 0 amide bonds. The first-order valence-corrected chi connectivity index (χ1v) is 16.0. The standard InChI is InChI=1S/C45H30N2/c46-28-40-39-25-24-36(33-20-18-32(19-21-33)35-23-22-31-12-4-5-13-34(31)26-35)27-43(39)45(44(40)47-29-30-10-2-1-3-11-30)41-16-8-6-14-37(41)38-15-7-9-17-42(38)45/h1-29,46H/b46-28?,47-29+. The second-order valence-electron chi connectivity index (χ2n) is 12.3. The lowest BCUT2D eigenvalue weighted by molar-refractivity contribution is 0.758. The summed E-state index contributed by atoms with van der Waals surface area (Å²) in [5, 5.41) is 11.2. The molecule has 2 aliphatic rings. The Morgan fingerprint density at radius 2 is 1.00 bits per heavy atom. The van der Waals surface area contributed by atoms with Gasteiger partial charge in [-0.05, 0) is 84.1 Å². The monoisotopic (exact) mass is 598 g/mol. The van der Waals surface area contributed by atoms with Crippen LogP contribution >= 0.6 is 0 Å². The molecule has 1 N–H and O–H groups in total. The minimum absolute atomic E-state index is 0.637. The predicted molar refractivity (Wildman–Crippen MR) is 196 cm³/mol. The smallest absolute Gasteiger partial charge is 0.0898 e. The molecule has 220 valence electrons. The van der Waals surface area contributed by atoms with Crippen molar-refractivity contribution >= 4 is 28.8 Å². The molecule has 0 saturated carbocycles. The van der Waals surface area contributed by atoms with E-state index in [1.54, 1.807) is 0 Å². The average Bonchev–Trinajstić information content (AvgIpc) is 3.60. The lowest BCUT2D eigenvalue weighted by Crippen LogP contribution is -2.27. The van der Waals surface area contributed by atoms with E-state index in [1.807, 2.05) is 24.4 Å². The van der Waals surface area contributed by atoms with Crippen LogP contribution in [0.4, 0.5) is 0 Å². The van der Waals surface area contributed by atoms with Crippen molar-refractivity contribution in [2.45, 2.75) is 5.41 Å². The van der Waals surface area contributed by atoms with Crippen LogP contribution in [0.15, 0.2) is 174 Å². The second-order valence-corrected chi connectivity index (χ2v) is 12.3. The zero-order valence-electron chi connectivity index (χ0n) is 25.7. The van der Waals surface area contributed by atoms with E-state index in [0.29, 0.717) is 0 Å². The lowest BCUT2D eigenvalue weighted by atomic mass is 9.71. The molecule has 0 heterocycles. The molecule has 7 aromatic carbocycles. The van der Waals surface area contributed by atoms with Gasteiger partial charge in [0, 0.05) is 18.0 Å². The molecule has 0 saturated heterocycles. The number of hydrogen-bond acceptors (Lipinski definition) is 2. The van der Waals surface area contributed by atoms with E-state index < -0.39 is 5.41 Å². The summed E-state index contributed by atoms with van der Waals surface area (Å²) in [7, 11) is 0. The van der Waals surface area contributed by atoms with Gasteiger partial charge in [0.25, 0.3) is 0 Å². The number of fused-ring (bicyclic) bond motifs is 8. The Balaban J connectivity index is 1.22. The topological polar surface area (TPSA) is 36.2 Å². The van der Waals surface area contributed by atoms with Gasteiger partial charge in [0.2, 0.25) is 0 Å². The van der Waals surface area contributed by atoms with Gasteiger partial charge in [-0.15, -0.1) is 0 Å². The van der Waals surface area contributed by atoms with Crippen LogP contribution in [-0.4, -0.2) is 12.4 Å². The molecule has 2 heteroatoms. The lowest BCUT2D eigenvalue weighted by Gasteiger charge is -2.31. The van der Waals surface area contributed by atoms with E-state index >= 15 is 0 Å². The van der Waals surface area contributed by atoms with E-state index in [4.69, 9.17) is 10.4 Å². The number of nitrogens with zero attached hydrogens (tertiary/aromatic N) is 1. The highest BCUT2D eigenvalue weighted by atomic mass is 14.8. The van der Waals surface area contributed by atoms with Gasteiger partial charge in [0.05, 0.1) is 11.1 Å². The third-order valence-electron chi connectivity index (χ3n) is 9.86. The molecule has 0 fully saturated rings. The third kappa shape index (κ3) is 4.12. The van der Waals surface area contributed by atoms with Gasteiger partial charge in [-0.25, -0.2) is 0 Å². The van der Waals surface area contributed by atoms with Crippen LogP contribution in [0.1, 0.15) is 27.8 Å². The number of allylic oxidation sites excluding steroid dienone is 2. The van der Waals surface area contributed by atoms with Crippen LogP contribution in [0.3, 0.4) is 0 Å². The van der Waals surface area contributed by atoms with Crippen LogP contribution in [-0.2, 0) is 5.41 Å². The van der Waals surface area contributed by atoms with E-state index in [-0.39, 0.29) is 0 Å². The van der Waals surface area contributed by atoms with Crippen molar-refractivity contribution in [1.29, 1.82) is 5.41 Å². The summed E-state index contributed by atoms with van der Waals surface area (Å²) in [6.07, 6.45) is 3.44. The molecule has 0 bridgehead atoms. The molecule has 0 aliphatic heterocycles. The molecule has 1 spiro atoms. The molecule has 0 radical (unpaired) electrons. The molecule has 47 heavy (non-hydrogen) atoms. The SMILES string of the molecule is N=CC1=C(/N=C/c2ccccc2)C2(c3cc(-c4ccc(-c5ccc6ccccc6c5)cc4)ccc31)c1ccccc1-c1ccccc12. The summed E-state index contributed by atoms with van der Waals surface area (Å²) in [4.78, 5) is 5.27. The highest BCUT2D eigenvalue weighted by Crippen LogP contribution is 2.62. The van der Waals surface area contributed by atoms with E-state index in [2.05, 4.69) is 146 Å². The summed E-state index contributed by atoms with van der Waals surface area (Å²) >= 11 is 0. The number of nitrogens with one attached hydrogen (secondary N) is 1. The Kier molecular flexibility index (Phi) is 6.22. The third-order valence-corrected chi connectivity index (χ3v) is 9.86. The fourth-order valence-electron chi connectivity index (χ4n) is 7.72. The number of hydrogen-bond donors (Lipinski definition) is 1. The van der Waals surface area contributed by atoms with Gasteiger partial charge >= 0.3 is 0 Å². The van der Waals surface area contributed by atoms with Crippen LogP contribution in [0.25, 0.3) is 49.7 Å². The maximum absolute atomic E-state index is 8.68. The molecule has 9 rings (SSSR count). The van der Waals surface area contributed by atoms with Crippen LogP contribution in [0, 0.1) is 5.41 Å². The molecule has 0 unspecified atom stereocenters. The zero-order valence-corrected chi connectivity index (χ0v) is 25.7. The average molecular weight is 599 g/mol. The summed E-state index contributed by atoms with van der Waals surface area (Å²) in [6.45, 7) is 0. The van der Waals surface area contributed by atoms with Crippen LogP contribution < -0.4 is 0 Å². The van der Waals surface area contributed by atoms with Crippen LogP contribution in [0.5, 0.6) is 0 Å². The fourth-order valence-corrected chi connectivity index (χ4v) is 7.72.